The van der Waals surface area contributed by atoms with Crippen molar-refractivity contribution in [3.63, 3.8) is 0 Å². The predicted molar refractivity (Wildman–Crippen MR) is 139 cm³/mol. The molecule has 0 bridgehead atoms. The zero-order valence-electron chi connectivity index (χ0n) is 21.7. The van der Waals surface area contributed by atoms with Gasteiger partial charge in [-0.25, -0.2) is 0 Å². The van der Waals surface area contributed by atoms with Gasteiger partial charge in [-0.2, -0.15) is 0 Å². The highest BCUT2D eigenvalue weighted by Gasteiger charge is 2.37. The van der Waals surface area contributed by atoms with Crippen LogP contribution < -0.4 is 10.1 Å². The predicted octanol–water partition coefficient (Wildman–Crippen LogP) is 3.39. The van der Waals surface area contributed by atoms with Crippen LogP contribution in [0, 0.1) is 5.92 Å². The maximum absolute atomic E-state index is 13.4. The molecule has 0 unspecified atom stereocenters. The van der Waals surface area contributed by atoms with Gasteiger partial charge >= 0.3 is 0 Å². The number of piperazine rings is 1. The van der Waals surface area contributed by atoms with E-state index in [4.69, 9.17) is 4.74 Å². The second kappa shape index (κ2) is 12.7. The van der Waals surface area contributed by atoms with E-state index in [1.54, 1.807) is 13.2 Å². The lowest BCUT2D eigenvalue weighted by Gasteiger charge is -2.41. The first kappa shape index (κ1) is 26.0. The van der Waals surface area contributed by atoms with Crippen LogP contribution in [-0.4, -0.2) is 91.5 Å². The highest BCUT2D eigenvalue weighted by atomic mass is 16.5. The van der Waals surface area contributed by atoms with Gasteiger partial charge in [-0.1, -0.05) is 25.3 Å². The van der Waals surface area contributed by atoms with Crippen LogP contribution in [0.3, 0.4) is 0 Å². The maximum atomic E-state index is 13.4. The summed E-state index contributed by atoms with van der Waals surface area (Å²) in [4.78, 5) is 33.2. The fraction of sp³-hybridized carbons (Fsp3) is 0.714. The first-order chi connectivity index (χ1) is 17.1. The third-order valence-corrected chi connectivity index (χ3v) is 8.29. The number of hydrogen-bond acceptors (Lipinski definition) is 5. The van der Waals surface area contributed by atoms with Crippen molar-refractivity contribution in [2.24, 2.45) is 5.92 Å². The standard InChI is InChI=1S/C28H44N4O3/c1-22-9-5-6-15-30(22)16-8-14-29-27(33)26(23-10-3-4-11-23)31-17-19-32(20-18-31)28(34)24-12-7-13-25(21-24)35-2/h7,12-13,21-23,26H,3-6,8-11,14-20H2,1-2H3,(H,29,33)/t22-,26-/m1/s1. The van der Waals surface area contributed by atoms with E-state index in [-0.39, 0.29) is 17.9 Å². The van der Waals surface area contributed by atoms with Crippen molar-refractivity contribution in [1.82, 2.24) is 20.0 Å². The Morgan fingerprint density at radius 3 is 2.49 bits per heavy atom. The van der Waals surface area contributed by atoms with Crippen LogP contribution in [-0.2, 0) is 4.79 Å². The van der Waals surface area contributed by atoms with Crippen LogP contribution in [0.4, 0.5) is 0 Å². The van der Waals surface area contributed by atoms with Gasteiger partial charge in [0.25, 0.3) is 5.91 Å². The van der Waals surface area contributed by atoms with Crippen molar-refractivity contribution in [2.45, 2.75) is 70.4 Å². The molecule has 4 rings (SSSR count). The molecule has 0 radical (unpaired) electrons. The second-order valence-electron chi connectivity index (χ2n) is 10.6. The lowest BCUT2D eigenvalue weighted by molar-refractivity contribution is -0.129. The van der Waals surface area contributed by atoms with Gasteiger partial charge in [-0.05, 0) is 69.7 Å². The number of rotatable bonds is 9. The van der Waals surface area contributed by atoms with Gasteiger partial charge in [-0.3, -0.25) is 14.5 Å². The summed E-state index contributed by atoms with van der Waals surface area (Å²) in [6.45, 7) is 8.13. The second-order valence-corrected chi connectivity index (χ2v) is 10.6. The Morgan fingerprint density at radius 2 is 1.77 bits per heavy atom. The molecule has 2 heterocycles. The van der Waals surface area contributed by atoms with Crippen LogP contribution in [0.1, 0.15) is 68.6 Å². The van der Waals surface area contributed by atoms with Gasteiger partial charge in [0.15, 0.2) is 0 Å². The van der Waals surface area contributed by atoms with E-state index >= 15 is 0 Å². The molecule has 2 aliphatic heterocycles. The minimum absolute atomic E-state index is 0.0392. The minimum atomic E-state index is -0.0690. The molecule has 2 atom stereocenters. The van der Waals surface area contributed by atoms with E-state index in [0.717, 1.165) is 45.4 Å². The van der Waals surface area contributed by atoms with Crippen LogP contribution >= 0.6 is 0 Å². The summed E-state index contributed by atoms with van der Waals surface area (Å²) >= 11 is 0. The third kappa shape index (κ3) is 6.76. The summed E-state index contributed by atoms with van der Waals surface area (Å²) in [5, 5.41) is 3.28. The van der Waals surface area contributed by atoms with Crippen molar-refractivity contribution >= 4 is 11.8 Å². The highest BCUT2D eigenvalue weighted by molar-refractivity contribution is 5.94. The number of carbonyl (C=O) groups is 2. The Labute approximate surface area is 211 Å². The van der Waals surface area contributed by atoms with Crippen molar-refractivity contribution in [1.29, 1.82) is 0 Å². The Morgan fingerprint density at radius 1 is 1.03 bits per heavy atom. The molecule has 3 fully saturated rings. The molecule has 1 aromatic rings. The first-order valence-electron chi connectivity index (χ1n) is 13.8. The van der Waals surface area contributed by atoms with Crippen molar-refractivity contribution in [2.75, 3.05) is 52.9 Å². The molecule has 35 heavy (non-hydrogen) atoms. The van der Waals surface area contributed by atoms with Crippen molar-refractivity contribution in [3.05, 3.63) is 29.8 Å². The largest absolute Gasteiger partial charge is 0.497 e. The van der Waals surface area contributed by atoms with Gasteiger partial charge in [0, 0.05) is 50.9 Å². The fourth-order valence-corrected chi connectivity index (χ4v) is 6.18. The van der Waals surface area contributed by atoms with Gasteiger partial charge < -0.3 is 19.9 Å². The zero-order valence-corrected chi connectivity index (χ0v) is 21.7. The number of nitrogens with one attached hydrogen (secondary N) is 1. The number of hydrogen-bond donors (Lipinski definition) is 1. The van der Waals surface area contributed by atoms with Crippen LogP contribution in [0.2, 0.25) is 0 Å². The minimum Gasteiger partial charge on any atom is -0.497 e. The van der Waals surface area contributed by atoms with E-state index < -0.39 is 0 Å². The molecule has 3 aliphatic rings. The molecule has 2 amide bonds. The first-order valence-corrected chi connectivity index (χ1v) is 13.8. The summed E-state index contributed by atoms with van der Waals surface area (Å²) in [7, 11) is 1.62. The highest BCUT2D eigenvalue weighted by Crippen LogP contribution is 2.31. The molecule has 0 spiro atoms. The van der Waals surface area contributed by atoms with E-state index in [1.807, 2.05) is 23.1 Å². The third-order valence-electron chi connectivity index (χ3n) is 8.29. The van der Waals surface area contributed by atoms with Crippen molar-refractivity contribution in [3.8, 4) is 5.75 Å². The smallest absolute Gasteiger partial charge is 0.254 e. The number of nitrogens with zero attached hydrogens (tertiary/aromatic N) is 3. The normalized spacial score (nSPS) is 23.3. The molecule has 2 saturated heterocycles. The fourth-order valence-electron chi connectivity index (χ4n) is 6.18. The molecule has 1 N–H and O–H groups in total. The number of methoxy groups -OCH3 is 1. The van der Waals surface area contributed by atoms with E-state index in [0.29, 0.717) is 36.4 Å². The average Bonchev–Trinajstić information content (AvgIpc) is 3.42. The molecule has 194 valence electrons. The summed E-state index contributed by atoms with van der Waals surface area (Å²) in [6, 6.07) is 7.95. The van der Waals surface area contributed by atoms with E-state index in [1.165, 1.54) is 38.6 Å². The van der Waals surface area contributed by atoms with Gasteiger partial charge in [0.1, 0.15) is 5.75 Å². The van der Waals surface area contributed by atoms with Gasteiger partial charge in [0.05, 0.1) is 13.2 Å². The van der Waals surface area contributed by atoms with Crippen molar-refractivity contribution < 1.29 is 14.3 Å². The maximum Gasteiger partial charge on any atom is 0.254 e. The quantitative estimate of drug-likeness (QED) is 0.545. The van der Waals surface area contributed by atoms with Gasteiger partial charge in [0.2, 0.25) is 5.91 Å². The molecule has 7 heteroatoms. The summed E-state index contributed by atoms with van der Waals surface area (Å²) in [6.07, 6.45) is 9.64. The Hall–Kier alpha value is -2.12. The van der Waals surface area contributed by atoms with E-state index in [9.17, 15) is 9.59 Å². The monoisotopic (exact) mass is 484 g/mol. The molecule has 7 nitrogen and oxygen atoms in total. The number of piperidine rings is 1. The lowest BCUT2D eigenvalue weighted by atomic mass is 9.95. The average molecular weight is 485 g/mol. The molecule has 0 aromatic heterocycles. The summed E-state index contributed by atoms with van der Waals surface area (Å²) < 4.78 is 5.28. The van der Waals surface area contributed by atoms with Crippen LogP contribution in [0.25, 0.3) is 0 Å². The number of ether oxygens (including phenoxy) is 1. The molecular weight excluding hydrogens is 440 g/mol. The number of benzene rings is 1. The Bertz CT molecular complexity index is 833. The number of carbonyl (C=O) groups excluding carboxylic acids is 2. The summed E-state index contributed by atoms with van der Waals surface area (Å²) in [5.74, 6) is 1.36. The topological polar surface area (TPSA) is 65.1 Å². The molecule has 1 aliphatic carbocycles. The Balaban J connectivity index is 1.29. The molecule has 1 saturated carbocycles. The SMILES string of the molecule is COc1cccc(C(=O)N2CCN([C@@H](C(=O)NCCCN3CCCC[C@H]3C)C3CCCC3)CC2)c1. The van der Waals surface area contributed by atoms with Crippen LogP contribution in [0.5, 0.6) is 5.75 Å². The zero-order chi connectivity index (χ0) is 24.6. The molecule has 1 aromatic carbocycles. The van der Waals surface area contributed by atoms with E-state index in [2.05, 4.69) is 22.0 Å². The van der Waals surface area contributed by atoms with Gasteiger partial charge in [-0.15, -0.1) is 0 Å². The Kier molecular flexibility index (Phi) is 9.44. The molecular formula is C28H44N4O3. The lowest BCUT2D eigenvalue weighted by Crippen LogP contribution is -2.58. The number of likely N-dealkylation sites (tertiary alicyclic amines) is 1. The van der Waals surface area contributed by atoms with Crippen LogP contribution in [0.15, 0.2) is 24.3 Å². The number of amides is 2. The summed E-state index contributed by atoms with van der Waals surface area (Å²) in [5.41, 5.74) is 0.658.